The maximum absolute atomic E-state index is 12.7. The molecule has 0 radical (unpaired) electrons. The van der Waals surface area contributed by atoms with Crippen molar-refractivity contribution in [1.29, 1.82) is 0 Å². The minimum atomic E-state index is -0.887. The molecule has 0 bridgehead atoms. The van der Waals surface area contributed by atoms with Crippen molar-refractivity contribution < 1.29 is 10.0 Å². The first-order chi connectivity index (χ1) is 9.87. The fourth-order valence-electron chi connectivity index (χ4n) is 2.86. The van der Waals surface area contributed by atoms with Gasteiger partial charge < -0.3 is 16.3 Å². The van der Waals surface area contributed by atoms with Gasteiger partial charge in [0.15, 0.2) is 5.84 Å². The van der Waals surface area contributed by atoms with E-state index < -0.39 is 5.41 Å². The molecular weight excluding hydrogens is 266 g/mol. The van der Waals surface area contributed by atoms with Crippen LogP contribution in [0.25, 0.3) is 0 Å². The van der Waals surface area contributed by atoms with Crippen molar-refractivity contribution >= 4 is 11.7 Å². The number of hydrogen-bond donors (Lipinski definition) is 3. The number of nitrogens with one attached hydrogen (secondary N) is 1. The van der Waals surface area contributed by atoms with Crippen molar-refractivity contribution in [2.75, 3.05) is 0 Å². The summed E-state index contributed by atoms with van der Waals surface area (Å²) in [6.45, 7) is 10.3. The van der Waals surface area contributed by atoms with E-state index in [0.717, 1.165) is 25.7 Å². The van der Waals surface area contributed by atoms with Gasteiger partial charge in [-0.2, -0.15) is 0 Å². The Hall–Kier alpha value is -1.26. The second-order valence-electron chi connectivity index (χ2n) is 6.19. The summed E-state index contributed by atoms with van der Waals surface area (Å²) in [4.78, 5) is 12.7. The lowest BCUT2D eigenvalue weighted by atomic mass is 9.77. The zero-order valence-corrected chi connectivity index (χ0v) is 14.3. The molecule has 0 rings (SSSR count). The van der Waals surface area contributed by atoms with Gasteiger partial charge in [-0.05, 0) is 32.1 Å². The van der Waals surface area contributed by atoms with Gasteiger partial charge in [0.05, 0.1) is 0 Å². The molecule has 21 heavy (non-hydrogen) atoms. The van der Waals surface area contributed by atoms with Crippen LogP contribution in [0.3, 0.4) is 0 Å². The molecule has 0 aromatic carbocycles. The Labute approximate surface area is 129 Å². The number of amidine groups is 1. The highest BCUT2D eigenvalue weighted by atomic mass is 16.4. The predicted molar refractivity (Wildman–Crippen MR) is 87.3 cm³/mol. The van der Waals surface area contributed by atoms with Gasteiger partial charge in [-0.1, -0.05) is 52.1 Å². The topological polar surface area (TPSA) is 87.7 Å². The number of rotatable bonds is 10. The fraction of sp³-hybridized carbons (Fsp3) is 0.875. The molecule has 0 fully saturated rings. The molecule has 5 heteroatoms. The Morgan fingerprint density at radius 1 is 1.24 bits per heavy atom. The van der Waals surface area contributed by atoms with E-state index >= 15 is 0 Å². The van der Waals surface area contributed by atoms with E-state index in [1.165, 1.54) is 0 Å². The van der Waals surface area contributed by atoms with Crippen LogP contribution in [0.5, 0.6) is 0 Å². The molecule has 0 aromatic heterocycles. The quantitative estimate of drug-likeness (QED) is 0.250. The predicted octanol–water partition coefficient (Wildman–Crippen LogP) is 3.26. The number of carbonyl (C=O) groups is 1. The van der Waals surface area contributed by atoms with E-state index in [1.54, 1.807) is 0 Å². The molecule has 0 heterocycles. The number of carbonyl (C=O) groups excluding carboxylic acids is 1. The SMILES string of the molecule is CCCC(CCC)(C(=O)NC(C)CC(C)CC)C(N)=NO. The Morgan fingerprint density at radius 3 is 2.14 bits per heavy atom. The lowest BCUT2D eigenvalue weighted by Gasteiger charge is -2.32. The van der Waals surface area contributed by atoms with Gasteiger partial charge in [0.1, 0.15) is 5.41 Å². The third kappa shape index (κ3) is 5.56. The van der Waals surface area contributed by atoms with Crippen molar-refractivity contribution in [2.45, 2.75) is 79.2 Å². The Balaban J connectivity index is 5.10. The Morgan fingerprint density at radius 2 is 1.76 bits per heavy atom. The first-order valence-electron chi connectivity index (χ1n) is 8.16. The van der Waals surface area contributed by atoms with Crippen LogP contribution < -0.4 is 11.1 Å². The molecule has 4 N–H and O–H groups in total. The van der Waals surface area contributed by atoms with Crippen LogP contribution in [0, 0.1) is 11.3 Å². The highest BCUT2D eigenvalue weighted by molar-refractivity contribution is 6.06. The molecule has 0 aliphatic carbocycles. The van der Waals surface area contributed by atoms with Gasteiger partial charge in [-0.25, -0.2) is 0 Å². The average Bonchev–Trinajstić information content (AvgIpc) is 2.45. The molecule has 0 spiro atoms. The van der Waals surface area contributed by atoms with Gasteiger partial charge in [-0.3, -0.25) is 4.79 Å². The standard InChI is InChI=1S/C16H33N3O2/c1-6-9-16(10-7-2,14(17)19-21)15(20)18-13(5)11-12(4)8-3/h12-13,21H,6-11H2,1-5H3,(H2,17,19)(H,18,20). The second-order valence-corrected chi connectivity index (χ2v) is 6.19. The van der Waals surface area contributed by atoms with E-state index in [4.69, 9.17) is 10.9 Å². The van der Waals surface area contributed by atoms with E-state index in [9.17, 15) is 4.79 Å². The van der Waals surface area contributed by atoms with Gasteiger partial charge >= 0.3 is 0 Å². The zero-order valence-electron chi connectivity index (χ0n) is 14.3. The minimum absolute atomic E-state index is 0.0273. The first kappa shape index (κ1) is 19.7. The summed E-state index contributed by atoms with van der Waals surface area (Å²) < 4.78 is 0. The van der Waals surface area contributed by atoms with Crippen molar-refractivity contribution in [3.63, 3.8) is 0 Å². The molecule has 5 nitrogen and oxygen atoms in total. The molecule has 0 aliphatic heterocycles. The molecule has 0 aliphatic rings. The molecular formula is C16H33N3O2. The van der Waals surface area contributed by atoms with Crippen molar-refractivity contribution in [3.05, 3.63) is 0 Å². The zero-order chi connectivity index (χ0) is 16.5. The van der Waals surface area contributed by atoms with Gasteiger partial charge in [0.2, 0.25) is 5.91 Å². The van der Waals surface area contributed by atoms with Gasteiger partial charge in [0.25, 0.3) is 0 Å². The van der Waals surface area contributed by atoms with E-state index in [-0.39, 0.29) is 17.8 Å². The smallest absolute Gasteiger partial charge is 0.234 e. The lowest BCUT2D eigenvalue weighted by molar-refractivity contribution is -0.129. The minimum Gasteiger partial charge on any atom is -0.409 e. The summed E-state index contributed by atoms with van der Waals surface area (Å²) >= 11 is 0. The van der Waals surface area contributed by atoms with Crippen LogP contribution in [0.4, 0.5) is 0 Å². The fourth-order valence-corrected chi connectivity index (χ4v) is 2.86. The summed E-state index contributed by atoms with van der Waals surface area (Å²) in [6, 6.07) is 0.0898. The Bertz CT molecular complexity index is 336. The summed E-state index contributed by atoms with van der Waals surface area (Å²) in [5.41, 5.74) is 4.98. The maximum atomic E-state index is 12.7. The van der Waals surface area contributed by atoms with Gasteiger partial charge in [-0.15, -0.1) is 0 Å². The maximum Gasteiger partial charge on any atom is 0.234 e. The molecule has 1 amide bonds. The lowest BCUT2D eigenvalue weighted by Crippen LogP contribution is -2.52. The number of amides is 1. The highest BCUT2D eigenvalue weighted by Gasteiger charge is 2.41. The van der Waals surface area contributed by atoms with Crippen molar-refractivity contribution in [1.82, 2.24) is 5.32 Å². The molecule has 2 unspecified atom stereocenters. The Kier molecular flexibility index (Phi) is 9.06. The molecule has 0 saturated heterocycles. The summed E-state index contributed by atoms with van der Waals surface area (Å²) in [6.07, 6.45) is 4.84. The third-order valence-corrected chi connectivity index (χ3v) is 4.22. The van der Waals surface area contributed by atoms with Crippen molar-refractivity contribution in [2.24, 2.45) is 22.2 Å². The normalized spacial score (nSPS) is 15.6. The molecule has 2 atom stereocenters. The van der Waals surface area contributed by atoms with E-state index in [1.807, 2.05) is 20.8 Å². The first-order valence-corrected chi connectivity index (χ1v) is 8.16. The number of hydrogen-bond acceptors (Lipinski definition) is 3. The summed E-state index contributed by atoms with van der Waals surface area (Å²) in [7, 11) is 0. The largest absolute Gasteiger partial charge is 0.409 e. The van der Waals surface area contributed by atoms with Crippen LogP contribution in [0.2, 0.25) is 0 Å². The second kappa shape index (κ2) is 9.64. The van der Waals surface area contributed by atoms with Crippen molar-refractivity contribution in [3.8, 4) is 0 Å². The summed E-state index contributed by atoms with van der Waals surface area (Å²) in [5, 5.41) is 15.3. The number of oxime groups is 1. The van der Waals surface area contributed by atoms with Crippen LogP contribution in [-0.2, 0) is 4.79 Å². The molecule has 124 valence electrons. The highest BCUT2D eigenvalue weighted by Crippen LogP contribution is 2.31. The third-order valence-electron chi connectivity index (χ3n) is 4.22. The van der Waals surface area contributed by atoms with Crippen LogP contribution >= 0.6 is 0 Å². The van der Waals surface area contributed by atoms with Crippen LogP contribution in [-0.4, -0.2) is 23.0 Å². The number of nitrogens with two attached hydrogens (primary N) is 1. The summed E-state index contributed by atoms with van der Waals surface area (Å²) in [5.74, 6) is 0.479. The number of nitrogens with zero attached hydrogens (tertiary/aromatic N) is 1. The van der Waals surface area contributed by atoms with E-state index in [0.29, 0.717) is 18.8 Å². The van der Waals surface area contributed by atoms with E-state index in [2.05, 4.69) is 24.3 Å². The molecule has 0 saturated carbocycles. The van der Waals surface area contributed by atoms with Crippen LogP contribution in [0.1, 0.15) is 73.1 Å². The monoisotopic (exact) mass is 299 g/mol. The molecule has 0 aromatic rings. The average molecular weight is 299 g/mol. The van der Waals surface area contributed by atoms with Crippen LogP contribution in [0.15, 0.2) is 5.16 Å². The van der Waals surface area contributed by atoms with Gasteiger partial charge in [0, 0.05) is 6.04 Å².